The number of para-hydroxylation sites is 1. The van der Waals surface area contributed by atoms with E-state index >= 15 is 0 Å². The van der Waals surface area contributed by atoms with Crippen LogP contribution >= 0.6 is 11.3 Å². The zero-order valence-corrected chi connectivity index (χ0v) is 15.8. The number of benzene rings is 1. The maximum absolute atomic E-state index is 12.3. The first-order valence-corrected chi connectivity index (χ1v) is 8.84. The second-order valence-corrected chi connectivity index (χ2v) is 8.41. The number of hydrogen-bond donors (Lipinski definition) is 2. The lowest BCUT2D eigenvalue weighted by Crippen LogP contribution is -2.43. The van der Waals surface area contributed by atoms with Crippen LogP contribution in [0.2, 0.25) is 0 Å². The largest absolute Gasteiger partial charge is 0.326 e. The summed E-state index contributed by atoms with van der Waals surface area (Å²) in [6.07, 6.45) is 1.61. The summed E-state index contributed by atoms with van der Waals surface area (Å²) >= 11 is 1.57. The normalized spacial score (nSPS) is 12.4. The van der Waals surface area contributed by atoms with Gasteiger partial charge in [0.25, 0.3) is 0 Å². The summed E-state index contributed by atoms with van der Waals surface area (Å²) in [4.78, 5) is 21.1. The highest BCUT2D eigenvalue weighted by atomic mass is 32.1. The molecular weight excluding hydrogens is 336 g/mol. The van der Waals surface area contributed by atoms with Crippen molar-refractivity contribution in [2.75, 3.05) is 5.32 Å². The third kappa shape index (κ3) is 3.79. The van der Waals surface area contributed by atoms with Gasteiger partial charge in [0.2, 0.25) is 5.95 Å². The maximum Gasteiger partial charge on any atom is 0.322 e. The quantitative estimate of drug-likeness (QED) is 0.747. The molecule has 3 rings (SSSR count). The van der Waals surface area contributed by atoms with E-state index in [0.717, 1.165) is 15.2 Å². The van der Waals surface area contributed by atoms with Crippen LogP contribution < -0.4 is 10.6 Å². The summed E-state index contributed by atoms with van der Waals surface area (Å²) in [5.41, 5.74) is 0.132. The van der Waals surface area contributed by atoms with E-state index in [1.54, 1.807) is 22.3 Å². The van der Waals surface area contributed by atoms with E-state index in [9.17, 15) is 4.79 Å². The molecular formula is C17H22N6OS. The molecule has 1 aromatic carbocycles. The lowest BCUT2D eigenvalue weighted by atomic mass is 10.1. The van der Waals surface area contributed by atoms with Gasteiger partial charge in [-0.3, -0.25) is 5.32 Å². The molecule has 0 saturated heterocycles. The van der Waals surface area contributed by atoms with E-state index in [1.807, 2.05) is 58.9 Å². The van der Waals surface area contributed by atoms with Crippen molar-refractivity contribution in [2.24, 2.45) is 0 Å². The van der Waals surface area contributed by atoms with E-state index in [-0.39, 0.29) is 17.5 Å². The number of nitrogens with zero attached hydrogens (tertiary/aromatic N) is 4. The zero-order chi connectivity index (χ0) is 18.2. The Morgan fingerprint density at radius 3 is 2.52 bits per heavy atom. The first-order valence-electron chi connectivity index (χ1n) is 8.02. The van der Waals surface area contributed by atoms with Gasteiger partial charge >= 0.3 is 6.03 Å². The van der Waals surface area contributed by atoms with Crippen LogP contribution in [0.25, 0.3) is 10.2 Å². The van der Waals surface area contributed by atoms with Gasteiger partial charge in [0.15, 0.2) is 0 Å². The average Bonchev–Trinajstić information content (AvgIpc) is 3.12. The highest BCUT2D eigenvalue weighted by Gasteiger charge is 2.27. The molecule has 2 heterocycles. The van der Waals surface area contributed by atoms with Gasteiger partial charge in [0.05, 0.1) is 21.3 Å². The van der Waals surface area contributed by atoms with Gasteiger partial charge in [0.1, 0.15) is 11.3 Å². The molecule has 2 N–H and O–H groups in total. The maximum atomic E-state index is 12.3. The summed E-state index contributed by atoms with van der Waals surface area (Å²) < 4.78 is 2.81. The van der Waals surface area contributed by atoms with Gasteiger partial charge in [-0.15, -0.1) is 16.4 Å². The van der Waals surface area contributed by atoms with E-state index in [1.165, 1.54) is 0 Å². The van der Waals surface area contributed by atoms with Gasteiger partial charge in [-0.25, -0.2) is 19.4 Å². The lowest BCUT2D eigenvalue weighted by molar-refractivity contribution is 0.241. The number of fused-ring (bicyclic) bond motifs is 1. The zero-order valence-electron chi connectivity index (χ0n) is 15.0. The number of rotatable bonds is 3. The summed E-state index contributed by atoms with van der Waals surface area (Å²) in [5, 5.41) is 10.7. The molecule has 0 fully saturated rings. The smallest absolute Gasteiger partial charge is 0.322 e. The predicted molar refractivity (Wildman–Crippen MR) is 99.8 cm³/mol. The first kappa shape index (κ1) is 17.3. The van der Waals surface area contributed by atoms with Gasteiger partial charge < -0.3 is 5.32 Å². The number of aromatic nitrogens is 4. The molecule has 0 aliphatic heterocycles. The molecule has 0 saturated carbocycles. The van der Waals surface area contributed by atoms with Crippen LogP contribution in [-0.2, 0) is 11.1 Å². The first-order chi connectivity index (χ1) is 11.6. The Morgan fingerprint density at radius 2 is 1.88 bits per heavy atom. The molecule has 3 aromatic rings. The van der Waals surface area contributed by atoms with E-state index in [0.29, 0.717) is 0 Å². The second kappa shape index (κ2) is 6.11. The minimum absolute atomic E-state index is 0.191. The third-order valence-corrected chi connectivity index (χ3v) is 5.02. The number of urea groups is 1. The number of amides is 2. The molecule has 2 amide bonds. The second-order valence-electron chi connectivity index (χ2n) is 7.37. The van der Waals surface area contributed by atoms with Crippen molar-refractivity contribution in [3.05, 3.63) is 35.6 Å². The van der Waals surface area contributed by atoms with Crippen LogP contribution in [0.3, 0.4) is 0 Å². The number of carbonyl (C=O) groups is 1. The van der Waals surface area contributed by atoms with E-state index < -0.39 is 5.54 Å². The molecule has 0 unspecified atom stereocenters. The van der Waals surface area contributed by atoms with Gasteiger partial charge in [-0.2, -0.15) is 0 Å². The number of carbonyl (C=O) groups excluding carboxylic acids is 1. The molecule has 25 heavy (non-hydrogen) atoms. The lowest BCUT2D eigenvalue weighted by Gasteiger charge is -2.23. The fraction of sp³-hybridized carbons (Fsp3) is 0.412. The van der Waals surface area contributed by atoms with Crippen LogP contribution in [0.15, 0.2) is 30.6 Å². The molecule has 0 aliphatic rings. The van der Waals surface area contributed by atoms with Crippen LogP contribution in [0, 0.1) is 0 Å². The van der Waals surface area contributed by atoms with Crippen molar-refractivity contribution in [2.45, 2.75) is 45.7 Å². The standard InChI is InChI=1S/C17H22N6OS/c1-16(2,3)23-10-18-14(22-23)20-15(24)21-17(4,5)13-19-11-8-6-7-9-12(11)25-13/h6-10H,1-5H3,(H2,20,21,22,24). The number of nitrogens with one attached hydrogen (secondary N) is 2. The van der Waals surface area contributed by atoms with Crippen LogP contribution in [-0.4, -0.2) is 25.8 Å². The molecule has 8 heteroatoms. The van der Waals surface area contributed by atoms with Crippen molar-refractivity contribution < 1.29 is 4.79 Å². The molecule has 0 bridgehead atoms. The Hall–Kier alpha value is -2.48. The van der Waals surface area contributed by atoms with Crippen LogP contribution in [0.4, 0.5) is 10.7 Å². The highest BCUT2D eigenvalue weighted by molar-refractivity contribution is 7.18. The fourth-order valence-corrected chi connectivity index (χ4v) is 3.28. The Morgan fingerprint density at radius 1 is 1.16 bits per heavy atom. The minimum Gasteiger partial charge on any atom is -0.326 e. The van der Waals surface area contributed by atoms with E-state index in [2.05, 4.69) is 25.7 Å². The molecule has 0 radical (unpaired) electrons. The van der Waals surface area contributed by atoms with Crippen molar-refractivity contribution in [1.29, 1.82) is 0 Å². The Labute approximate surface area is 150 Å². The van der Waals surface area contributed by atoms with Gasteiger partial charge in [0, 0.05) is 0 Å². The molecule has 2 aromatic heterocycles. The Balaban J connectivity index is 1.71. The Bertz CT molecular complexity index is 872. The molecule has 0 spiro atoms. The predicted octanol–water partition coefficient (Wildman–Crippen LogP) is 3.70. The van der Waals surface area contributed by atoms with Crippen molar-refractivity contribution >= 4 is 33.5 Å². The number of thiazole rings is 1. The van der Waals surface area contributed by atoms with Gasteiger partial charge in [-0.05, 0) is 46.8 Å². The van der Waals surface area contributed by atoms with Gasteiger partial charge in [-0.1, -0.05) is 12.1 Å². The topological polar surface area (TPSA) is 84.7 Å². The third-order valence-electron chi connectivity index (χ3n) is 3.66. The van der Waals surface area contributed by atoms with Crippen molar-refractivity contribution in [3.63, 3.8) is 0 Å². The SMILES string of the molecule is CC(C)(NC(=O)Nc1ncn(C(C)(C)C)n1)c1nc2ccccc2s1. The fourth-order valence-electron chi connectivity index (χ4n) is 2.25. The summed E-state index contributed by atoms with van der Waals surface area (Å²) in [7, 11) is 0. The van der Waals surface area contributed by atoms with Crippen molar-refractivity contribution in [1.82, 2.24) is 25.1 Å². The van der Waals surface area contributed by atoms with E-state index in [4.69, 9.17) is 0 Å². The number of hydrogen-bond acceptors (Lipinski definition) is 5. The monoisotopic (exact) mass is 358 g/mol. The van der Waals surface area contributed by atoms with Crippen LogP contribution in [0.1, 0.15) is 39.6 Å². The average molecular weight is 358 g/mol. The molecule has 0 aliphatic carbocycles. The Kier molecular flexibility index (Phi) is 4.24. The molecule has 132 valence electrons. The summed E-state index contributed by atoms with van der Waals surface area (Å²) in [5.74, 6) is 0.271. The molecule has 7 nitrogen and oxygen atoms in total. The minimum atomic E-state index is -0.611. The highest BCUT2D eigenvalue weighted by Crippen LogP contribution is 2.29. The van der Waals surface area contributed by atoms with Crippen LogP contribution in [0.5, 0.6) is 0 Å². The molecule has 0 atom stereocenters. The summed E-state index contributed by atoms with van der Waals surface area (Å²) in [6.45, 7) is 9.89. The summed E-state index contributed by atoms with van der Waals surface area (Å²) in [6, 6.07) is 7.56. The number of anilines is 1. The van der Waals surface area contributed by atoms with Crippen molar-refractivity contribution in [3.8, 4) is 0 Å².